The third-order valence-corrected chi connectivity index (χ3v) is 5.21. The largest absolute Gasteiger partial charge is 0.497 e. The molecule has 0 radical (unpaired) electrons. The van der Waals surface area contributed by atoms with Crippen LogP contribution in [-0.4, -0.2) is 42.3 Å². The fourth-order valence-corrected chi connectivity index (χ4v) is 3.45. The van der Waals surface area contributed by atoms with Gasteiger partial charge >= 0.3 is 0 Å². The van der Waals surface area contributed by atoms with Gasteiger partial charge in [-0.15, -0.1) is 0 Å². The van der Waals surface area contributed by atoms with Crippen LogP contribution >= 0.6 is 12.2 Å². The number of hydrogen-bond donors (Lipinski definition) is 2. The van der Waals surface area contributed by atoms with Crippen LogP contribution in [0.15, 0.2) is 67.0 Å². The summed E-state index contributed by atoms with van der Waals surface area (Å²) in [5.74, 6) is 2.38. The van der Waals surface area contributed by atoms with E-state index in [9.17, 15) is 4.79 Å². The fraction of sp³-hybridized carbons (Fsp3) is 0.120. The van der Waals surface area contributed by atoms with Gasteiger partial charge in [0.15, 0.2) is 16.6 Å². The van der Waals surface area contributed by atoms with Crippen LogP contribution in [0.25, 0.3) is 10.9 Å². The maximum atomic E-state index is 12.4. The second-order valence-electron chi connectivity index (χ2n) is 7.17. The van der Waals surface area contributed by atoms with Crippen LogP contribution in [0.3, 0.4) is 0 Å². The van der Waals surface area contributed by atoms with Gasteiger partial charge in [0.2, 0.25) is 5.88 Å². The summed E-state index contributed by atoms with van der Waals surface area (Å²) in [5.41, 5.74) is 1.80. The Morgan fingerprint density at radius 2 is 1.49 bits per heavy atom. The summed E-state index contributed by atoms with van der Waals surface area (Å²) in [6.45, 7) is 0. The quantitative estimate of drug-likeness (QED) is 0.360. The van der Waals surface area contributed by atoms with E-state index in [2.05, 4.69) is 20.6 Å². The van der Waals surface area contributed by atoms with Crippen molar-refractivity contribution in [1.29, 1.82) is 0 Å². The highest BCUT2D eigenvalue weighted by Gasteiger charge is 2.13. The van der Waals surface area contributed by atoms with Gasteiger partial charge in [-0.2, -0.15) is 0 Å². The molecule has 4 aromatic rings. The third kappa shape index (κ3) is 5.56. The molecular weight excluding hydrogens is 468 g/mol. The summed E-state index contributed by atoms with van der Waals surface area (Å²) in [7, 11) is 4.69. The minimum Gasteiger partial charge on any atom is -0.497 e. The summed E-state index contributed by atoms with van der Waals surface area (Å²) >= 11 is 5.26. The molecule has 35 heavy (non-hydrogen) atoms. The van der Waals surface area contributed by atoms with Gasteiger partial charge in [-0.1, -0.05) is 0 Å². The number of methoxy groups -OCH3 is 3. The summed E-state index contributed by atoms with van der Waals surface area (Å²) in [5, 5.41) is 6.47. The summed E-state index contributed by atoms with van der Waals surface area (Å²) in [6.07, 6.45) is 1.42. The first-order valence-electron chi connectivity index (χ1n) is 10.4. The Labute approximate surface area is 207 Å². The molecule has 1 heterocycles. The molecule has 1 aromatic heterocycles. The van der Waals surface area contributed by atoms with Crippen molar-refractivity contribution in [2.75, 3.05) is 26.6 Å². The van der Waals surface area contributed by atoms with Crippen molar-refractivity contribution < 1.29 is 23.7 Å². The van der Waals surface area contributed by atoms with Crippen molar-refractivity contribution in [3.8, 4) is 28.9 Å². The van der Waals surface area contributed by atoms with Gasteiger partial charge in [0.25, 0.3) is 5.91 Å². The molecule has 0 aliphatic heterocycles. The minimum atomic E-state index is -0.326. The molecular formula is C25H22N4O5S. The first-order valence-corrected chi connectivity index (χ1v) is 10.8. The number of anilines is 1. The number of hydrogen-bond acceptors (Lipinski definition) is 8. The average molecular weight is 491 g/mol. The Kier molecular flexibility index (Phi) is 7.22. The summed E-state index contributed by atoms with van der Waals surface area (Å²) < 4.78 is 21.8. The lowest BCUT2D eigenvalue weighted by Crippen LogP contribution is -2.34. The van der Waals surface area contributed by atoms with E-state index in [1.165, 1.54) is 6.33 Å². The maximum absolute atomic E-state index is 12.4. The van der Waals surface area contributed by atoms with E-state index in [0.717, 1.165) is 0 Å². The molecule has 4 rings (SSSR count). The van der Waals surface area contributed by atoms with Crippen molar-refractivity contribution in [3.63, 3.8) is 0 Å². The first-order chi connectivity index (χ1) is 17.0. The lowest BCUT2D eigenvalue weighted by Gasteiger charge is -2.12. The van der Waals surface area contributed by atoms with Gasteiger partial charge in [0.05, 0.1) is 32.2 Å². The van der Waals surface area contributed by atoms with Gasteiger partial charge < -0.3 is 24.3 Å². The van der Waals surface area contributed by atoms with Gasteiger partial charge in [0.1, 0.15) is 17.8 Å². The second kappa shape index (κ2) is 10.7. The molecule has 0 unspecified atom stereocenters. The molecule has 0 fully saturated rings. The number of carbonyl (C=O) groups excluding carboxylic acids is 1. The van der Waals surface area contributed by atoms with Crippen LogP contribution in [0.4, 0.5) is 5.69 Å². The number of fused-ring (bicyclic) bond motifs is 1. The van der Waals surface area contributed by atoms with E-state index in [-0.39, 0.29) is 11.0 Å². The van der Waals surface area contributed by atoms with Crippen molar-refractivity contribution in [3.05, 3.63) is 72.6 Å². The number of nitrogens with zero attached hydrogens (tertiary/aromatic N) is 2. The predicted octanol–water partition coefficient (Wildman–Crippen LogP) is 4.57. The molecule has 10 heteroatoms. The number of aromatic nitrogens is 2. The van der Waals surface area contributed by atoms with E-state index in [0.29, 0.717) is 51.0 Å². The molecule has 0 atom stereocenters. The third-order valence-electron chi connectivity index (χ3n) is 5.01. The normalized spacial score (nSPS) is 10.4. The minimum absolute atomic E-state index is 0.169. The fourth-order valence-electron chi connectivity index (χ4n) is 3.24. The molecule has 1 amide bonds. The van der Waals surface area contributed by atoms with Gasteiger partial charge in [-0.05, 0) is 66.8 Å². The monoisotopic (exact) mass is 490 g/mol. The SMILES string of the molecule is COc1ccc(C(=O)NC(=S)Nc2ccc(Oc3ncnc4cc(OC)c(OC)cc34)cc2)cc1. The van der Waals surface area contributed by atoms with Crippen molar-refractivity contribution in [2.24, 2.45) is 0 Å². The molecule has 0 bridgehead atoms. The first kappa shape index (κ1) is 23.7. The molecule has 9 nitrogen and oxygen atoms in total. The van der Waals surface area contributed by atoms with Crippen LogP contribution in [0, 0.1) is 0 Å². The Hall–Kier alpha value is -4.44. The number of benzene rings is 3. The Morgan fingerprint density at radius 1 is 0.829 bits per heavy atom. The number of amides is 1. The molecule has 178 valence electrons. The topological polar surface area (TPSA) is 104 Å². The molecule has 0 spiro atoms. The van der Waals surface area contributed by atoms with Crippen molar-refractivity contribution >= 4 is 39.8 Å². The maximum Gasteiger partial charge on any atom is 0.257 e. The number of carbonyl (C=O) groups is 1. The highest BCUT2D eigenvalue weighted by atomic mass is 32.1. The smallest absolute Gasteiger partial charge is 0.257 e. The lowest BCUT2D eigenvalue weighted by molar-refractivity contribution is 0.0977. The number of rotatable bonds is 7. The van der Waals surface area contributed by atoms with Crippen molar-refractivity contribution in [2.45, 2.75) is 0 Å². The van der Waals surface area contributed by atoms with Gasteiger partial charge in [-0.3, -0.25) is 10.1 Å². The molecule has 0 aliphatic rings. The Morgan fingerprint density at radius 3 is 2.14 bits per heavy atom. The predicted molar refractivity (Wildman–Crippen MR) is 136 cm³/mol. The van der Waals surface area contributed by atoms with E-state index < -0.39 is 0 Å². The average Bonchev–Trinajstić information content (AvgIpc) is 2.89. The second-order valence-corrected chi connectivity index (χ2v) is 7.57. The zero-order valence-electron chi connectivity index (χ0n) is 19.2. The zero-order valence-corrected chi connectivity index (χ0v) is 20.0. The summed E-state index contributed by atoms with van der Waals surface area (Å²) in [6, 6.07) is 17.3. The molecule has 2 N–H and O–H groups in total. The standard InChI is InChI=1S/C25H22N4O5S/c1-31-17-8-4-15(5-9-17)23(30)29-25(35)28-16-6-10-18(11-7-16)34-24-19-12-21(32-2)22(33-3)13-20(19)26-14-27-24/h4-14H,1-3H3,(H2,28,29,30,35). The van der Waals surface area contributed by atoms with Crippen LogP contribution < -0.4 is 29.6 Å². The Balaban J connectivity index is 1.42. The zero-order chi connectivity index (χ0) is 24.8. The van der Waals surface area contributed by atoms with Gasteiger partial charge in [-0.25, -0.2) is 9.97 Å². The van der Waals surface area contributed by atoms with E-state index in [4.69, 9.17) is 31.2 Å². The van der Waals surface area contributed by atoms with Gasteiger partial charge in [0, 0.05) is 17.3 Å². The van der Waals surface area contributed by atoms with E-state index in [1.807, 2.05) is 0 Å². The van der Waals surface area contributed by atoms with Crippen LogP contribution in [-0.2, 0) is 0 Å². The van der Waals surface area contributed by atoms with E-state index >= 15 is 0 Å². The van der Waals surface area contributed by atoms with E-state index in [1.54, 1.807) is 82.0 Å². The Bertz CT molecular complexity index is 1360. The van der Waals surface area contributed by atoms with Crippen LogP contribution in [0.2, 0.25) is 0 Å². The van der Waals surface area contributed by atoms with Crippen molar-refractivity contribution in [1.82, 2.24) is 15.3 Å². The molecule has 3 aromatic carbocycles. The van der Waals surface area contributed by atoms with Crippen LogP contribution in [0.1, 0.15) is 10.4 Å². The highest BCUT2D eigenvalue weighted by molar-refractivity contribution is 7.80. The number of thiocarbonyl (C=S) groups is 1. The number of nitrogens with one attached hydrogen (secondary N) is 2. The van der Waals surface area contributed by atoms with Crippen LogP contribution in [0.5, 0.6) is 28.9 Å². The summed E-state index contributed by atoms with van der Waals surface area (Å²) in [4.78, 5) is 20.9. The highest BCUT2D eigenvalue weighted by Crippen LogP contribution is 2.35. The lowest BCUT2D eigenvalue weighted by atomic mass is 10.2. The number of ether oxygens (including phenoxy) is 4. The molecule has 0 aliphatic carbocycles. The molecule has 0 saturated heterocycles. The molecule has 0 saturated carbocycles.